The van der Waals surface area contributed by atoms with Crippen LogP contribution in [0.1, 0.15) is 34.1 Å². The lowest BCUT2D eigenvalue weighted by Crippen LogP contribution is -2.53. The summed E-state index contributed by atoms with van der Waals surface area (Å²) in [6.45, 7) is 6.65. The number of nitrogens with two attached hydrogens (primary N) is 1. The molecule has 0 heterocycles. The smallest absolute Gasteiger partial charge is 0.312 e. The molecule has 0 spiro atoms. The molecule has 0 aliphatic rings. The average molecular weight is 316 g/mol. The van der Waals surface area contributed by atoms with Gasteiger partial charge in [0.15, 0.2) is 0 Å². The molecule has 8 nitrogen and oxygen atoms in total. The first-order chi connectivity index (χ1) is 10.2. The van der Waals surface area contributed by atoms with Crippen molar-refractivity contribution in [2.24, 2.45) is 17.6 Å². The summed E-state index contributed by atoms with van der Waals surface area (Å²) in [5.74, 6) is -4.47. The van der Waals surface area contributed by atoms with Crippen molar-refractivity contribution < 1.29 is 28.7 Å². The fourth-order valence-corrected chi connectivity index (χ4v) is 1.68. The molecule has 2 atom stereocenters. The normalized spacial score (nSPS) is 13.1. The van der Waals surface area contributed by atoms with Crippen molar-refractivity contribution in [1.29, 1.82) is 0 Å². The topological polar surface area (TPSA) is 125 Å². The molecule has 126 valence electrons. The minimum Gasteiger partial charge on any atom is -0.466 e. The molecule has 0 aromatic carbocycles. The van der Waals surface area contributed by atoms with Gasteiger partial charge in [-0.1, -0.05) is 13.8 Å². The highest BCUT2D eigenvalue weighted by atomic mass is 16.5. The second-order valence-electron chi connectivity index (χ2n) is 4.91. The molecular weight excluding hydrogens is 292 g/mol. The highest BCUT2D eigenvalue weighted by Gasteiger charge is 2.37. The molecule has 3 N–H and O–H groups in total. The van der Waals surface area contributed by atoms with Gasteiger partial charge in [0.25, 0.3) is 0 Å². The van der Waals surface area contributed by atoms with E-state index in [0.29, 0.717) is 0 Å². The number of primary amides is 1. The molecule has 0 fully saturated rings. The summed E-state index contributed by atoms with van der Waals surface area (Å²) in [7, 11) is 0. The molecule has 0 aliphatic carbocycles. The third kappa shape index (κ3) is 6.55. The van der Waals surface area contributed by atoms with Crippen LogP contribution in [0.2, 0.25) is 0 Å². The van der Waals surface area contributed by atoms with E-state index in [0.717, 1.165) is 0 Å². The Morgan fingerprint density at radius 1 is 1.05 bits per heavy atom. The van der Waals surface area contributed by atoms with Crippen LogP contribution in [0, 0.1) is 11.8 Å². The Morgan fingerprint density at radius 3 is 2.00 bits per heavy atom. The van der Waals surface area contributed by atoms with Gasteiger partial charge in [0.2, 0.25) is 11.8 Å². The van der Waals surface area contributed by atoms with E-state index < -0.39 is 48.1 Å². The van der Waals surface area contributed by atoms with E-state index in [1.807, 2.05) is 0 Å². The van der Waals surface area contributed by atoms with E-state index in [9.17, 15) is 19.2 Å². The Hall–Kier alpha value is -2.12. The molecule has 0 aromatic rings. The van der Waals surface area contributed by atoms with Crippen LogP contribution < -0.4 is 11.1 Å². The number of hydrogen-bond donors (Lipinski definition) is 2. The van der Waals surface area contributed by atoms with E-state index >= 15 is 0 Å². The van der Waals surface area contributed by atoms with E-state index in [2.05, 4.69) is 5.32 Å². The number of amides is 2. The van der Waals surface area contributed by atoms with E-state index in [4.69, 9.17) is 15.2 Å². The maximum absolute atomic E-state index is 12.0. The minimum atomic E-state index is -1.33. The molecule has 0 aliphatic heterocycles. The summed E-state index contributed by atoms with van der Waals surface area (Å²) >= 11 is 0. The lowest BCUT2D eigenvalue weighted by Gasteiger charge is -2.24. The van der Waals surface area contributed by atoms with E-state index in [1.165, 1.54) is 0 Å². The zero-order chi connectivity index (χ0) is 17.3. The average Bonchev–Trinajstić information content (AvgIpc) is 2.42. The van der Waals surface area contributed by atoms with Crippen LogP contribution in [0.25, 0.3) is 0 Å². The van der Waals surface area contributed by atoms with Crippen molar-refractivity contribution >= 4 is 23.8 Å². The predicted octanol–water partition coefficient (Wildman–Crippen LogP) is -0.255. The number of carbonyl (C=O) groups excluding carboxylic acids is 4. The van der Waals surface area contributed by atoms with Crippen molar-refractivity contribution in [1.82, 2.24) is 5.32 Å². The van der Waals surface area contributed by atoms with Crippen molar-refractivity contribution in [2.75, 3.05) is 13.2 Å². The third-order valence-electron chi connectivity index (χ3n) is 2.81. The first kappa shape index (κ1) is 19.9. The molecule has 0 saturated carbocycles. The van der Waals surface area contributed by atoms with Crippen molar-refractivity contribution in [3.8, 4) is 0 Å². The molecule has 2 amide bonds. The molecule has 0 bridgehead atoms. The lowest BCUT2D eigenvalue weighted by molar-refractivity contribution is -0.157. The maximum Gasteiger partial charge on any atom is 0.312 e. The van der Waals surface area contributed by atoms with Crippen molar-refractivity contribution in [3.63, 3.8) is 0 Å². The van der Waals surface area contributed by atoms with Gasteiger partial charge in [-0.3, -0.25) is 19.2 Å². The monoisotopic (exact) mass is 316 g/mol. The van der Waals surface area contributed by atoms with Gasteiger partial charge in [0.1, 0.15) is 6.04 Å². The first-order valence-corrected chi connectivity index (χ1v) is 7.16. The van der Waals surface area contributed by atoms with Crippen LogP contribution in [0.5, 0.6) is 0 Å². The zero-order valence-electron chi connectivity index (χ0n) is 13.4. The van der Waals surface area contributed by atoms with Gasteiger partial charge >= 0.3 is 11.9 Å². The quantitative estimate of drug-likeness (QED) is 0.565. The summed E-state index contributed by atoms with van der Waals surface area (Å²) in [4.78, 5) is 47.0. The van der Waals surface area contributed by atoms with Crippen LogP contribution >= 0.6 is 0 Å². The minimum absolute atomic E-state index is 0.0712. The van der Waals surface area contributed by atoms with Gasteiger partial charge in [-0.05, 0) is 13.8 Å². The second-order valence-corrected chi connectivity index (χ2v) is 4.91. The fraction of sp³-hybridized carbons (Fsp3) is 0.714. The first-order valence-electron chi connectivity index (χ1n) is 7.16. The number of esters is 2. The molecule has 0 saturated heterocycles. The Kier molecular flexibility index (Phi) is 8.81. The van der Waals surface area contributed by atoms with Gasteiger partial charge in [0.05, 0.1) is 25.6 Å². The molecule has 0 unspecified atom stereocenters. The molecule has 0 rings (SSSR count). The second kappa shape index (κ2) is 9.75. The van der Waals surface area contributed by atoms with Crippen LogP contribution in [-0.4, -0.2) is 43.0 Å². The third-order valence-corrected chi connectivity index (χ3v) is 2.81. The fourth-order valence-electron chi connectivity index (χ4n) is 1.68. The summed E-state index contributed by atoms with van der Waals surface area (Å²) in [6, 6.07) is -1.33. The highest BCUT2D eigenvalue weighted by molar-refractivity contribution is 5.93. The van der Waals surface area contributed by atoms with Gasteiger partial charge in [-0.15, -0.1) is 0 Å². The van der Waals surface area contributed by atoms with Crippen LogP contribution in [0.15, 0.2) is 0 Å². The standard InChI is InChI=1S/C14H24N2O6/c1-5-21-10(17)7-9(14(20)22-6-2)11(12(15)18)16-13(19)8(3)4/h8-9,11H,5-7H2,1-4H3,(H2,15,18)(H,16,19)/t9-,11+/m0/s1. The van der Waals surface area contributed by atoms with Crippen LogP contribution in [-0.2, 0) is 28.7 Å². The van der Waals surface area contributed by atoms with Crippen molar-refractivity contribution in [3.05, 3.63) is 0 Å². The molecule has 8 heteroatoms. The molecule has 0 radical (unpaired) electrons. The van der Waals surface area contributed by atoms with Gasteiger partial charge in [-0.2, -0.15) is 0 Å². The van der Waals surface area contributed by atoms with Gasteiger partial charge in [-0.25, -0.2) is 0 Å². The van der Waals surface area contributed by atoms with Crippen molar-refractivity contribution in [2.45, 2.75) is 40.2 Å². The summed E-state index contributed by atoms with van der Waals surface area (Å²) in [6.07, 6.45) is -0.404. The number of rotatable bonds is 9. The molecule has 0 aromatic heterocycles. The van der Waals surface area contributed by atoms with Gasteiger partial charge < -0.3 is 20.5 Å². The number of ether oxygens (including phenoxy) is 2. The summed E-state index contributed by atoms with van der Waals surface area (Å²) < 4.78 is 9.62. The lowest BCUT2D eigenvalue weighted by atomic mass is 9.94. The number of nitrogens with one attached hydrogen (secondary N) is 1. The van der Waals surface area contributed by atoms with Gasteiger partial charge in [0, 0.05) is 5.92 Å². The zero-order valence-corrected chi connectivity index (χ0v) is 13.4. The Labute approximate surface area is 129 Å². The van der Waals surface area contributed by atoms with E-state index in [-0.39, 0.29) is 13.2 Å². The summed E-state index contributed by atoms with van der Waals surface area (Å²) in [5.41, 5.74) is 5.26. The predicted molar refractivity (Wildman–Crippen MR) is 77.3 cm³/mol. The molecule has 22 heavy (non-hydrogen) atoms. The van der Waals surface area contributed by atoms with E-state index in [1.54, 1.807) is 27.7 Å². The Morgan fingerprint density at radius 2 is 1.59 bits per heavy atom. The maximum atomic E-state index is 12.0. The summed E-state index contributed by atoms with van der Waals surface area (Å²) in [5, 5.41) is 2.38. The Bertz CT molecular complexity index is 422. The molecular formula is C14H24N2O6. The number of hydrogen-bond acceptors (Lipinski definition) is 6. The largest absolute Gasteiger partial charge is 0.466 e. The van der Waals surface area contributed by atoms with Crippen LogP contribution in [0.3, 0.4) is 0 Å². The number of carbonyl (C=O) groups is 4. The highest BCUT2D eigenvalue weighted by Crippen LogP contribution is 2.14. The Balaban J connectivity index is 5.27. The SMILES string of the molecule is CCOC(=O)C[C@H](C(=O)OCC)[C@@H](NC(=O)C(C)C)C(N)=O. The van der Waals surface area contributed by atoms with Crippen LogP contribution in [0.4, 0.5) is 0 Å².